The third kappa shape index (κ3) is 4.50. The van der Waals surface area contributed by atoms with Gasteiger partial charge in [0, 0.05) is 36.1 Å². The molecule has 1 N–H and O–H groups in total. The van der Waals surface area contributed by atoms with E-state index >= 15 is 0 Å². The third-order valence-electron chi connectivity index (χ3n) is 4.66. The fraction of sp³-hybridized carbons (Fsp3) is 0.125. The largest absolute Gasteiger partial charge is 0.489 e. The summed E-state index contributed by atoms with van der Waals surface area (Å²) in [6.45, 7) is 1.98. The molecule has 0 aliphatic rings. The maximum atomic E-state index is 6.18. The minimum atomic E-state index is 0.505. The highest BCUT2D eigenvalue weighted by Gasteiger charge is 2.09. The number of fused-ring (bicyclic) bond motifs is 1. The van der Waals surface area contributed by atoms with Crippen LogP contribution < -0.4 is 10.1 Å². The number of hydrogen-bond donors (Lipinski definition) is 1. The molecule has 0 spiro atoms. The Balaban J connectivity index is 1.54. The van der Waals surface area contributed by atoms with Crippen molar-refractivity contribution in [2.45, 2.75) is 19.7 Å². The normalized spacial score (nSPS) is 10.9. The van der Waals surface area contributed by atoms with Crippen LogP contribution in [0.15, 0.2) is 85.2 Å². The first-order chi connectivity index (χ1) is 13.8. The molecule has 4 aromatic rings. The molecule has 0 saturated carbocycles. The Labute approximate surface area is 170 Å². The molecular weight excluding hydrogens is 368 g/mol. The molecule has 28 heavy (non-hydrogen) atoms. The molecule has 0 atom stereocenters. The second kappa shape index (κ2) is 8.87. The van der Waals surface area contributed by atoms with Crippen LogP contribution in [0.3, 0.4) is 0 Å². The summed E-state index contributed by atoms with van der Waals surface area (Å²) in [6.07, 6.45) is 3.67. The van der Waals surface area contributed by atoms with E-state index in [1.54, 1.807) is 6.20 Å². The highest BCUT2D eigenvalue weighted by atomic mass is 35.5. The first-order valence-corrected chi connectivity index (χ1v) is 9.65. The predicted molar refractivity (Wildman–Crippen MR) is 115 cm³/mol. The number of benzene rings is 3. The molecule has 3 aromatic carbocycles. The van der Waals surface area contributed by atoms with Gasteiger partial charge in [0.2, 0.25) is 0 Å². The van der Waals surface area contributed by atoms with E-state index in [1.807, 2.05) is 36.5 Å². The molecule has 0 aliphatic carbocycles. The smallest absolute Gasteiger partial charge is 0.124 e. The minimum Gasteiger partial charge on any atom is -0.489 e. The second-order valence-electron chi connectivity index (χ2n) is 6.64. The summed E-state index contributed by atoms with van der Waals surface area (Å²) in [5.41, 5.74) is 3.41. The lowest BCUT2D eigenvalue weighted by molar-refractivity contribution is 0.302. The van der Waals surface area contributed by atoms with Crippen molar-refractivity contribution in [2.75, 3.05) is 0 Å². The monoisotopic (exact) mass is 388 g/mol. The van der Waals surface area contributed by atoms with Gasteiger partial charge in [0.15, 0.2) is 0 Å². The highest BCUT2D eigenvalue weighted by molar-refractivity contribution is 6.30. The molecule has 1 heterocycles. The van der Waals surface area contributed by atoms with Crippen molar-refractivity contribution in [2.24, 2.45) is 0 Å². The Bertz CT molecular complexity index is 1050. The van der Waals surface area contributed by atoms with Crippen molar-refractivity contribution < 1.29 is 4.74 Å². The summed E-state index contributed by atoms with van der Waals surface area (Å²) in [4.78, 5) is 4.17. The molecule has 140 valence electrons. The van der Waals surface area contributed by atoms with Gasteiger partial charge in [-0.05, 0) is 46.2 Å². The summed E-state index contributed by atoms with van der Waals surface area (Å²) < 4.78 is 6.18. The van der Waals surface area contributed by atoms with Gasteiger partial charge in [0.05, 0.1) is 0 Å². The number of hydrogen-bond acceptors (Lipinski definition) is 3. The molecule has 0 unspecified atom stereocenters. The summed E-state index contributed by atoms with van der Waals surface area (Å²) in [6, 6.07) is 24.3. The van der Waals surface area contributed by atoms with Crippen LogP contribution in [-0.4, -0.2) is 4.98 Å². The number of nitrogens with one attached hydrogen (secondary N) is 1. The molecular formula is C24H21ClN2O. The maximum Gasteiger partial charge on any atom is 0.124 e. The number of rotatable bonds is 7. The van der Waals surface area contributed by atoms with Crippen LogP contribution >= 0.6 is 11.6 Å². The topological polar surface area (TPSA) is 34.1 Å². The van der Waals surface area contributed by atoms with Crippen molar-refractivity contribution in [3.8, 4) is 5.75 Å². The van der Waals surface area contributed by atoms with Crippen LogP contribution in [-0.2, 0) is 19.7 Å². The molecule has 0 saturated heterocycles. The zero-order valence-electron chi connectivity index (χ0n) is 15.4. The predicted octanol–water partition coefficient (Wildman–Crippen LogP) is 5.76. The average molecular weight is 389 g/mol. The minimum absolute atomic E-state index is 0.505. The fourth-order valence-electron chi connectivity index (χ4n) is 3.21. The van der Waals surface area contributed by atoms with E-state index in [4.69, 9.17) is 16.3 Å². The van der Waals surface area contributed by atoms with E-state index in [9.17, 15) is 0 Å². The van der Waals surface area contributed by atoms with Crippen LogP contribution in [0.2, 0.25) is 5.02 Å². The van der Waals surface area contributed by atoms with Gasteiger partial charge in [-0.3, -0.25) is 4.98 Å². The van der Waals surface area contributed by atoms with Crippen LogP contribution in [0.4, 0.5) is 0 Å². The Kier molecular flexibility index (Phi) is 5.86. The Hall–Kier alpha value is -2.88. The molecule has 0 radical (unpaired) electrons. The zero-order valence-corrected chi connectivity index (χ0v) is 16.2. The van der Waals surface area contributed by atoms with Crippen molar-refractivity contribution in [1.82, 2.24) is 10.3 Å². The number of nitrogens with zero attached hydrogens (tertiary/aromatic N) is 1. The lowest BCUT2D eigenvalue weighted by Crippen LogP contribution is -2.14. The molecule has 0 amide bonds. The van der Waals surface area contributed by atoms with Crippen LogP contribution in [0.1, 0.15) is 16.7 Å². The van der Waals surface area contributed by atoms with E-state index in [0.717, 1.165) is 34.0 Å². The van der Waals surface area contributed by atoms with Crippen LogP contribution in [0.25, 0.3) is 10.8 Å². The van der Waals surface area contributed by atoms with Gasteiger partial charge >= 0.3 is 0 Å². The van der Waals surface area contributed by atoms with Crippen LogP contribution in [0, 0.1) is 0 Å². The van der Waals surface area contributed by atoms with Crippen molar-refractivity contribution in [3.63, 3.8) is 0 Å². The zero-order chi connectivity index (χ0) is 19.2. The maximum absolute atomic E-state index is 6.18. The van der Waals surface area contributed by atoms with E-state index in [-0.39, 0.29) is 0 Å². The molecule has 0 fully saturated rings. The second-order valence-corrected chi connectivity index (χ2v) is 7.08. The van der Waals surface area contributed by atoms with Crippen molar-refractivity contribution in [1.29, 1.82) is 0 Å². The van der Waals surface area contributed by atoms with E-state index in [2.05, 4.69) is 52.8 Å². The standard InChI is InChI=1S/C24H21ClN2O/c25-21-10-7-18(8-11-21)17-28-24-12-9-20-5-1-2-6-22(20)23(24)16-27-15-19-4-3-13-26-14-19/h1-14,27H,15-17H2. The third-order valence-corrected chi connectivity index (χ3v) is 4.91. The van der Waals surface area contributed by atoms with Gasteiger partial charge in [0.1, 0.15) is 12.4 Å². The van der Waals surface area contributed by atoms with Crippen molar-refractivity contribution in [3.05, 3.63) is 107 Å². The lowest BCUT2D eigenvalue weighted by Gasteiger charge is -2.15. The quantitative estimate of drug-likeness (QED) is 0.437. The Morgan fingerprint density at radius 3 is 2.50 bits per heavy atom. The molecule has 3 nitrogen and oxygen atoms in total. The van der Waals surface area contributed by atoms with E-state index < -0.39 is 0 Å². The lowest BCUT2D eigenvalue weighted by atomic mass is 10.0. The molecule has 0 aliphatic heterocycles. The molecule has 4 heteroatoms. The Morgan fingerprint density at radius 1 is 0.821 bits per heavy atom. The SMILES string of the molecule is Clc1ccc(COc2ccc3ccccc3c2CNCc2cccnc2)cc1. The van der Waals surface area contributed by atoms with Crippen LogP contribution in [0.5, 0.6) is 5.75 Å². The van der Waals surface area contributed by atoms with Gasteiger partial charge in [0.25, 0.3) is 0 Å². The van der Waals surface area contributed by atoms with E-state index in [0.29, 0.717) is 13.2 Å². The number of aromatic nitrogens is 1. The van der Waals surface area contributed by atoms with Gasteiger partial charge in [-0.2, -0.15) is 0 Å². The summed E-state index contributed by atoms with van der Waals surface area (Å²) in [5, 5.41) is 6.66. The number of pyridine rings is 1. The van der Waals surface area contributed by atoms with E-state index in [1.165, 1.54) is 10.8 Å². The van der Waals surface area contributed by atoms with Gasteiger partial charge in [-0.25, -0.2) is 0 Å². The molecule has 0 bridgehead atoms. The summed E-state index contributed by atoms with van der Waals surface area (Å²) in [7, 11) is 0. The summed E-state index contributed by atoms with van der Waals surface area (Å²) in [5.74, 6) is 0.896. The van der Waals surface area contributed by atoms with Crippen molar-refractivity contribution >= 4 is 22.4 Å². The van der Waals surface area contributed by atoms with Gasteiger partial charge in [-0.15, -0.1) is 0 Å². The fourth-order valence-corrected chi connectivity index (χ4v) is 3.34. The highest BCUT2D eigenvalue weighted by Crippen LogP contribution is 2.29. The van der Waals surface area contributed by atoms with Gasteiger partial charge < -0.3 is 10.1 Å². The first kappa shape index (κ1) is 18.5. The number of halogens is 1. The van der Waals surface area contributed by atoms with Gasteiger partial charge in [-0.1, -0.05) is 60.1 Å². The first-order valence-electron chi connectivity index (χ1n) is 9.27. The number of ether oxygens (including phenoxy) is 1. The Morgan fingerprint density at radius 2 is 1.68 bits per heavy atom. The summed E-state index contributed by atoms with van der Waals surface area (Å²) >= 11 is 5.97. The average Bonchev–Trinajstić information content (AvgIpc) is 2.75. The molecule has 1 aromatic heterocycles. The molecule has 4 rings (SSSR count).